The van der Waals surface area contributed by atoms with Gasteiger partial charge in [0.1, 0.15) is 5.75 Å². The summed E-state index contributed by atoms with van der Waals surface area (Å²) in [6.45, 7) is 0. The van der Waals surface area contributed by atoms with E-state index in [2.05, 4.69) is 34.0 Å². The first-order valence-corrected chi connectivity index (χ1v) is 7.38. The second-order valence-electron chi connectivity index (χ2n) is 4.13. The topological polar surface area (TPSA) is 21.3 Å². The Kier molecular flexibility index (Phi) is 5.07. The molecule has 2 nitrogen and oxygen atoms in total. The molecule has 4 heteroatoms. The minimum Gasteiger partial charge on any atom is -0.496 e. The molecule has 2 aromatic carbocycles. The molecular formula is C15H15ClINO. The van der Waals surface area contributed by atoms with Crippen molar-refractivity contribution in [1.29, 1.82) is 0 Å². The highest BCUT2D eigenvalue weighted by molar-refractivity contribution is 14.1. The molecule has 1 N–H and O–H groups in total. The number of hydrogen-bond acceptors (Lipinski definition) is 2. The fourth-order valence-electron chi connectivity index (χ4n) is 2.12. The minimum absolute atomic E-state index is 0.0572. The normalized spacial score (nSPS) is 12.2. The fourth-order valence-corrected chi connectivity index (χ4v) is 2.95. The summed E-state index contributed by atoms with van der Waals surface area (Å²) in [5, 5.41) is 4.08. The number of benzene rings is 2. The first-order chi connectivity index (χ1) is 9.17. The highest BCUT2D eigenvalue weighted by atomic mass is 127. The lowest BCUT2D eigenvalue weighted by atomic mass is 9.98. The lowest BCUT2D eigenvalue weighted by Crippen LogP contribution is -2.19. The van der Waals surface area contributed by atoms with Crippen LogP contribution in [0.4, 0.5) is 0 Å². The molecule has 0 saturated carbocycles. The van der Waals surface area contributed by atoms with Crippen LogP contribution in [0.2, 0.25) is 5.02 Å². The Balaban J connectivity index is 2.53. The largest absolute Gasteiger partial charge is 0.496 e. The van der Waals surface area contributed by atoms with Crippen molar-refractivity contribution in [3.8, 4) is 5.75 Å². The van der Waals surface area contributed by atoms with Gasteiger partial charge in [-0.1, -0.05) is 29.8 Å². The van der Waals surface area contributed by atoms with Crippen LogP contribution in [0.5, 0.6) is 5.75 Å². The molecule has 0 amide bonds. The highest BCUT2D eigenvalue weighted by Crippen LogP contribution is 2.33. The third-order valence-corrected chi connectivity index (χ3v) is 4.23. The van der Waals surface area contributed by atoms with Gasteiger partial charge in [0.25, 0.3) is 0 Å². The van der Waals surface area contributed by atoms with Crippen molar-refractivity contribution in [3.63, 3.8) is 0 Å². The monoisotopic (exact) mass is 387 g/mol. The summed E-state index contributed by atoms with van der Waals surface area (Å²) in [4.78, 5) is 0. The average Bonchev–Trinajstić information content (AvgIpc) is 2.44. The van der Waals surface area contributed by atoms with Crippen LogP contribution in [0.1, 0.15) is 17.2 Å². The highest BCUT2D eigenvalue weighted by Gasteiger charge is 2.18. The van der Waals surface area contributed by atoms with Gasteiger partial charge in [0.15, 0.2) is 0 Å². The van der Waals surface area contributed by atoms with Crippen molar-refractivity contribution >= 4 is 34.2 Å². The van der Waals surface area contributed by atoms with E-state index in [1.54, 1.807) is 7.11 Å². The van der Waals surface area contributed by atoms with Crippen molar-refractivity contribution in [2.24, 2.45) is 0 Å². The van der Waals surface area contributed by atoms with Gasteiger partial charge in [-0.05, 0) is 59.5 Å². The van der Waals surface area contributed by atoms with E-state index in [0.29, 0.717) is 0 Å². The Morgan fingerprint density at radius 2 is 1.89 bits per heavy atom. The number of nitrogens with one attached hydrogen (secondary N) is 1. The molecule has 0 radical (unpaired) electrons. The fraction of sp³-hybridized carbons (Fsp3) is 0.200. The second kappa shape index (κ2) is 6.59. The summed E-state index contributed by atoms with van der Waals surface area (Å²) >= 11 is 8.44. The molecule has 1 unspecified atom stereocenters. The molecule has 0 aliphatic rings. The van der Waals surface area contributed by atoms with Crippen LogP contribution in [0.15, 0.2) is 42.5 Å². The molecule has 0 bridgehead atoms. The van der Waals surface area contributed by atoms with Gasteiger partial charge in [0.2, 0.25) is 0 Å². The molecule has 100 valence electrons. The maximum Gasteiger partial charge on any atom is 0.123 e. The third kappa shape index (κ3) is 3.22. The summed E-state index contributed by atoms with van der Waals surface area (Å²) in [5.74, 6) is 0.873. The van der Waals surface area contributed by atoms with Gasteiger partial charge in [-0.3, -0.25) is 0 Å². The van der Waals surface area contributed by atoms with E-state index >= 15 is 0 Å². The van der Waals surface area contributed by atoms with Gasteiger partial charge in [0.05, 0.1) is 13.2 Å². The van der Waals surface area contributed by atoms with Crippen LogP contribution in [0.3, 0.4) is 0 Å². The van der Waals surface area contributed by atoms with Crippen LogP contribution in [0, 0.1) is 3.57 Å². The van der Waals surface area contributed by atoms with E-state index in [9.17, 15) is 0 Å². The summed E-state index contributed by atoms with van der Waals surface area (Å²) in [7, 11) is 3.63. The third-order valence-electron chi connectivity index (χ3n) is 3.01. The van der Waals surface area contributed by atoms with Gasteiger partial charge >= 0.3 is 0 Å². The van der Waals surface area contributed by atoms with Crippen LogP contribution >= 0.6 is 34.2 Å². The maximum absolute atomic E-state index is 6.12. The Hall–Kier alpha value is -0.780. The zero-order chi connectivity index (χ0) is 13.8. The Labute approximate surface area is 132 Å². The van der Waals surface area contributed by atoms with Gasteiger partial charge in [-0.25, -0.2) is 0 Å². The molecule has 0 aliphatic carbocycles. The summed E-state index contributed by atoms with van der Waals surface area (Å²) in [6, 6.07) is 14.0. The number of hydrogen-bond donors (Lipinski definition) is 1. The molecule has 1 atom stereocenters. The van der Waals surface area contributed by atoms with E-state index in [1.807, 2.05) is 43.4 Å². The maximum atomic E-state index is 6.12. The molecule has 0 heterocycles. The Morgan fingerprint density at radius 3 is 2.58 bits per heavy atom. The molecule has 2 aromatic rings. The first-order valence-electron chi connectivity index (χ1n) is 5.92. The molecule has 0 aliphatic heterocycles. The van der Waals surface area contributed by atoms with Crippen molar-refractivity contribution in [2.45, 2.75) is 6.04 Å². The standard InChI is InChI=1S/C15H15ClINO/c1-18-15(11-5-3-4-6-14(11)19-2)12-9-10(16)7-8-13(12)17/h3-9,15,18H,1-2H3. The Bertz CT molecular complexity index is 574. The van der Waals surface area contributed by atoms with Crippen LogP contribution in [-0.4, -0.2) is 14.2 Å². The molecule has 2 rings (SSSR count). The predicted molar refractivity (Wildman–Crippen MR) is 88.1 cm³/mol. The quantitative estimate of drug-likeness (QED) is 0.792. The molecule has 0 aromatic heterocycles. The SMILES string of the molecule is CNC(c1cc(Cl)ccc1I)c1ccccc1OC. The van der Waals surface area contributed by atoms with Gasteiger partial charge < -0.3 is 10.1 Å². The summed E-state index contributed by atoms with van der Waals surface area (Å²) < 4.78 is 6.62. The van der Waals surface area contributed by atoms with E-state index in [0.717, 1.165) is 21.9 Å². The summed E-state index contributed by atoms with van der Waals surface area (Å²) in [6.07, 6.45) is 0. The zero-order valence-electron chi connectivity index (χ0n) is 10.8. The van der Waals surface area contributed by atoms with Crippen molar-refractivity contribution < 1.29 is 4.74 Å². The molecule has 0 spiro atoms. The van der Waals surface area contributed by atoms with Gasteiger partial charge in [-0.2, -0.15) is 0 Å². The molecular weight excluding hydrogens is 373 g/mol. The Morgan fingerprint density at radius 1 is 1.16 bits per heavy atom. The number of para-hydroxylation sites is 1. The lowest BCUT2D eigenvalue weighted by molar-refractivity contribution is 0.405. The van der Waals surface area contributed by atoms with E-state index in [-0.39, 0.29) is 6.04 Å². The van der Waals surface area contributed by atoms with Gasteiger partial charge in [-0.15, -0.1) is 0 Å². The average molecular weight is 388 g/mol. The van der Waals surface area contributed by atoms with E-state index in [1.165, 1.54) is 3.57 Å². The van der Waals surface area contributed by atoms with Crippen molar-refractivity contribution in [2.75, 3.05) is 14.2 Å². The van der Waals surface area contributed by atoms with Crippen LogP contribution in [-0.2, 0) is 0 Å². The van der Waals surface area contributed by atoms with Crippen LogP contribution in [0.25, 0.3) is 0 Å². The zero-order valence-corrected chi connectivity index (χ0v) is 13.7. The smallest absolute Gasteiger partial charge is 0.123 e. The first kappa shape index (κ1) is 14.6. The molecule has 0 fully saturated rings. The van der Waals surface area contributed by atoms with Crippen LogP contribution < -0.4 is 10.1 Å². The number of ether oxygens (including phenoxy) is 1. The number of halogens is 2. The lowest BCUT2D eigenvalue weighted by Gasteiger charge is -2.21. The van der Waals surface area contributed by atoms with E-state index in [4.69, 9.17) is 16.3 Å². The summed E-state index contributed by atoms with van der Waals surface area (Å²) in [5.41, 5.74) is 2.26. The van der Waals surface area contributed by atoms with Gasteiger partial charge in [0, 0.05) is 14.2 Å². The number of methoxy groups -OCH3 is 1. The minimum atomic E-state index is 0.0572. The second-order valence-corrected chi connectivity index (χ2v) is 5.73. The molecule has 0 saturated heterocycles. The van der Waals surface area contributed by atoms with E-state index < -0.39 is 0 Å². The molecule has 19 heavy (non-hydrogen) atoms. The van der Waals surface area contributed by atoms with Crippen molar-refractivity contribution in [1.82, 2.24) is 5.32 Å². The predicted octanol–water partition coefficient (Wildman–Crippen LogP) is 4.26. The number of rotatable bonds is 4. The van der Waals surface area contributed by atoms with Crippen molar-refractivity contribution in [3.05, 3.63) is 62.2 Å².